The molecule has 45 heavy (non-hydrogen) atoms. The number of methoxy groups -OCH3 is 1. The van der Waals surface area contributed by atoms with Crippen LogP contribution >= 0.6 is 0 Å². The van der Waals surface area contributed by atoms with E-state index in [4.69, 9.17) is 18.9 Å². The summed E-state index contributed by atoms with van der Waals surface area (Å²) in [6.07, 6.45) is 0.570. The summed E-state index contributed by atoms with van der Waals surface area (Å²) in [5, 5.41) is 11.3. The van der Waals surface area contributed by atoms with Crippen molar-refractivity contribution >= 4 is 11.8 Å². The second-order valence-corrected chi connectivity index (χ2v) is 15.9. The standard InChI is InChI=1S/C35H65N3O7/c1-22(2)19-38-15-13-26(14-16-38)28-21-43-33(41)34(6,7)30(40)25(5)31(35(8,42-12)18-23(3)20-37(28)11)45-32-29(39)27(36(9)10)17-24(4)44-32/h22-29,31-32,39H,13-21H2,1-12H3/t23-,24-,25+,27+,28?,29-,31-,32+,35-/m1/s1. The van der Waals surface area contributed by atoms with Gasteiger partial charge in [-0.3, -0.25) is 14.5 Å². The summed E-state index contributed by atoms with van der Waals surface area (Å²) in [5.74, 6) is -0.338. The SMILES string of the molecule is CO[C@]1(C)C[C@@H](C)CN(C)C(C2CCN(CC(C)C)CC2)COC(=O)C(C)(C)C(=O)[C@H](C)[C@H]1O[C@@H]1O[C@H](C)C[C@H](N(C)C)[C@H]1O. The Bertz CT molecular complexity index is 969. The Hall–Kier alpha value is -1.14. The molecule has 0 bridgehead atoms. The molecule has 0 aliphatic carbocycles. The van der Waals surface area contributed by atoms with Gasteiger partial charge in [0.15, 0.2) is 12.1 Å². The lowest BCUT2D eigenvalue weighted by Gasteiger charge is -2.47. The molecule has 0 saturated carbocycles. The Kier molecular flexibility index (Phi) is 13.5. The van der Waals surface area contributed by atoms with Gasteiger partial charge in [-0.15, -0.1) is 0 Å². The number of Topliss-reactive ketones (excluding diaryl/α,β-unsaturated/α-hetero) is 1. The maximum Gasteiger partial charge on any atom is 0.319 e. The van der Waals surface area contributed by atoms with Crippen LogP contribution in [0.15, 0.2) is 0 Å². The van der Waals surface area contributed by atoms with Crippen molar-refractivity contribution in [3.05, 3.63) is 0 Å². The van der Waals surface area contributed by atoms with Gasteiger partial charge in [0, 0.05) is 38.2 Å². The van der Waals surface area contributed by atoms with Crippen LogP contribution < -0.4 is 0 Å². The predicted molar refractivity (Wildman–Crippen MR) is 176 cm³/mol. The number of hydrogen-bond acceptors (Lipinski definition) is 10. The van der Waals surface area contributed by atoms with E-state index >= 15 is 0 Å². The minimum atomic E-state index is -1.40. The number of carbonyl (C=O) groups is 2. The molecule has 0 radical (unpaired) electrons. The Labute approximate surface area is 273 Å². The van der Waals surface area contributed by atoms with Crippen LogP contribution in [0.3, 0.4) is 0 Å². The normalized spacial score (nSPS) is 38.9. The molecule has 10 nitrogen and oxygen atoms in total. The first-order chi connectivity index (χ1) is 20.9. The predicted octanol–water partition coefficient (Wildman–Crippen LogP) is 3.69. The van der Waals surface area contributed by atoms with E-state index < -0.39 is 41.4 Å². The Morgan fingerprint density at radius 2 is 1.71 bits per heavy atom. The second-order valence-electron chi connectivity index (χ2n) is 15.9. The smallest absolute Gasteiger partial charge is 0.319 e. The van der Waals surface area contributed by atoms with E-state index in [1.807, 2.05) is 32.8 Å². The van der Waals surface area contributed by atoms with Crippen LogP contribution in [-0.4, -0.2) is 135 Å². The summed E-state index contributed by atoms with van der Waals surface area (Å²) in [5.41, 5.74) is -2.30. The number of ketones is 1. The number of aliphatic hydroxyl groups is 1. The molecule has 3 heterocycles. The number of esters is 1. The van der Waals surface area contributed by atoms with E-state index in [9.17, 15) is 14.7 Å². The van der Waals surface area contributed by atoms with Crippen molar-refractivity contribution in [1.82, 2.24) is 14.7 Å². The van der Waals surface area contributed by atoms with Crippen LogP contribution in [0.5, 0.6) is 0 Å². The molecule has 262 valence electrons. The third-order valence-corrected chi connectivity index (χ3v) is 10.7. The van der Waals surface area contributed by atoms with Crippen LogP contribution in [0, 0.1) is 29.1 Å². The van der Waals surface area contributed by atoms with E-state index in [2.05, 4.69) is 37.6 Å². The van der Waals surface area contributed by atoms with Crippen molar-refractivity contribution in [2.75, 3.05) is 61.0 Å². The molecule has 0 aromatic heterocycles. The van der Waals surface area contributed by atoms with Crippen molar-refractivity contribution in [3.8, 4) is 0 Å². The molecule has 0 spiro atoms. The summed E-state index contributed by atoms with van der Waals surface area (Å²) in [7, 11) is 7.64. The molecule has 3 fully saturated rings. The molecule has 3 aliphatic heterocycles. The number of cyclic esters (lactones) is 1. The number of likely N-dealkylation sites (N-methyl/N-ethyl adjacent to an activating group) is 2. The summed E-state index contributed by atoms with van der Waals surface area (Å²) >= 11 is 0. The highest BCUT2D eigenvalue weighted by Gasteiger charge is 2.51. The number of hydrogen-bond donors (Lipinski definition) is 1. The molecular weight excluding hydrogens is 574 g/mol. The third-order valence-electron chi connectivity index (χ3n) is 10.7. The summed E-state index contributed by atoms with van der Waals surface area (Å²) in [6.45, 7) is 20.0. The van der Waals surface area contributed by atoms with Gasteiger partial charge in [0.05, 0.1) is 17.8 Å². The molecule has 3 rings (SSSR count). The fraction of sp³-hybridized carbons (Fsp3) is 0.943. The summed E-state index contributed by atoms with van der Waals surface area (Å²) in [4.78, 5) is 34.8. The Morgan fingerprint density at radius 3 is 2.27 bits per heavy atom. The molecule has 0 amide bonds. The average molecular weight is 640 g/mol. The van der Waals surface area contributed by atoms with Gasteiger partial charge in [0.25, 0.3) is 0 Å². The number of rotatable bonds is 7. The highest BCUT2D eigenvalue weighted by molar-refractivity contribution is 6.04. The lowest BCUT2D eigenvalue weighted by atomic mass is 9.74. The minimum Gasteiger partial charge on any atom is -0.463 e. The van der Waals surface area contributed by atoms with E-state index in [1.165, 1.54) is 0 Å². The van der Waals surface area contributed by atoms with Crippen molar-refractivity contribution in [1.29, 1.82) is 0 Å². The first-order valence-electron chi connectivity index (χ1n) is 17.3. The van der Waals surface area contributed by atoms with Crippen LogP contribution in [0.25, 0.3) is 0 Å². The topological polar surface area (TPSA) is 101 Å². The molecule has 1 N–H and O–H groups in total. The van der Waals surface area contributed by atoms with Gasteiger partial charge in [-0.2, -0.15) is 0 Å². The van der Waals surface area contributed by atoms with Crippen LogP contribution in [0.4, 0.5) is 0 Å². The fourth-order valence-electron chi connectivity index (χ4n) is 8.10. The van der Waals surface area contributed by atoms with Crippen molar-refractivity contribution in [3.63, 3.8) is 0 Å². The van der Waals surface area contributed by atoms with E-state index in [-0.39, 0.29) is 36.5 Å². The molecular formula is C35H65N3O7. The third kappa shape index (κ3) is 9.27. The molecule has 0 aromatic rings. The van der Waals surface area contributed by atoms with Gasteiger partial charge < -0.3 is 33.9 Å². The van der Waals surface area contributed by atoms with Gasteiger partial charge in [-0.05, 0) is 105 Å². The largest absolute Gasteiger partial charge is 0.463 e. The highest BCUT2D eigenvalue weighted by atomic mass is 16.7. The quantitative estimate of drug-likeness (QED) is 0.328. The van der Waals surface area contributed by atoms with Crippen LogP contribution in [-0.2, 0) is 28.5 Å². The van der Waals surface area contributed by atoms with Crippen molar-refractivity contribution < 1.29 is 33.6 Å². The van der Waals surface area contributed by atoms with Gasteiger partial charge >= 0.3 is 5.97 Å². The zero-order valence-corrected chi connectivity index (χ0v) is 30.4. The number of nitrogens with zero attached hydrogens (tertiary/aromatic N) is 3. The number of piperidine rings is 1. The molecule has 3 saturated heterocycles. The summed E-state index contributed by atoms with van der Waals surface area (Å²) < 4.78 is 25.1. The monoisotopic (exact) mass is 639 g/mol. The Morgan fingerprint density at radius 1 is 1.09 bits per heavy atom. The number of carbonyl (C=O) groups excluding carboxylic acids is 2. The van der Waals surface area contributed by atoms with Crippen LogP contribution in [0.1, 0.15) is 81.1 Å². The maximum absolute atomic E-state index is 14.2. The maximum atomic E-state index is 14.2. The zero-order chi connectivity index (χ0) is 33.9. The number of likely N-dealkylation sites (tertiary alicyclic amines) is 1. The van der Waals surface area contributed by atoms with Crippen molar-refractivity contribution in [2.24, 2.45) is 29.1 Å². The van der Waals surface area contributed by atoms with E-state index in [1.54, 1.807) is 27.9 Å². The molecule has 9 atom stereocenters. The molecule has 0 aromatic carbocycles. The first-order valence-corrected chi connectivity index (χ1v) is 17.3. The lowest BCUT2D eigenvalue weighted by Crippen LogP contribution is -2.59. The second kappa shape index (κ2) is 15.8. The lowest BCUT2D eigenvalue weighted by molar-refractivity contribution is -0.295. The summed E-state index contributed by atoms with van der Waals surface area (Å²) in [6, 6.07) is -0.112. The first kappa shape index (κ1) is 38.3. The Balaban J connectivity index is 1.94. The average Bonchev–Trinajstić information content (AvgIpc) is 2.96. The van der Waals surface area contributed by atoms with Gasteiger partial charge in [-0.1, -0.05) is 27.7 Å². The molecule has 10 heteroatoms. The van der Waals surface area contributed by atoms with E-state index in [0.717, 1.165) is 39.0 Å². The highest BCUT2D eigenvalue weighted by Crippen LogP contribution is 2.38. The zero-order valence-electron chi connectivity index (χ0n) is 30.4. The van der Waals surface area contributed by atoms with Crippen LogP contribution in [0.2, 0.25) is 0 Å². The molecule has 3 aliphatic rings. The van der Waals surface area contributed by atoms with Gasteiger partial charge in [-0.25, -0.2) is 0 Å². The van der Waals surface area contributed by atoms with Gasteiger partial charge in [0.2, 0.25) is 0 Å². The van der Waals surface area contributed by atoms with Gasteiger partial charge in [0.1, 0.15) is 18.1 Å². The number of aliphatic hydroxyl groups excluding tert-OH is 1. The minimum absolute atomic E-state index is 0.0535. The van der Waals surface area contributed by atoms with E-state index in [0.29, 0.717) is 24.7 Å². The number of ether oxygens (including phenoxy) is 4. The van der Waals surface area contributed by atoms with Crippen molar-refractivity contribution in [2.45, 2.75) is 123 Å². The molecule has 1 unspecified atom stereocenters. The fourth-order valence-corrected chi connectivity index (χ4v) is 8.10.